The van der Waals surface area contributed by atoms with Gasteiger partial charge in [-0.3, -0.25) is 9.59 Å². The van der Waals surface area contributed by atoms with Gasteiger partial charge in [-0.25, -0.2) is 4.79 Å². The van der Waals surface area contributed by atoms with Gasteiger partial charge in [0.05, 0.1) is 6.26 Å². The summed E-state index contributed by atoms with van der Waals surface area (Å²) in [4.78, 5) is 39.0. The van der Waals surface area contributed by atoms with Gasteiger partial charge in [0.2, 0.25) is 11.7 Å². The first-order valence-corrected chi connectivity index (χ1v) is 10.8. The molecular weight excluding hydrogens is 390 g/mol. The van der Waals surface area contributed by atoms with Crippen molar-refractivity contribution in [3.63, 3.8) is 0 Å². The van der Waals surface area contributed by atoms with Crippen LogP contribution in [-0.2, 0) is 27.2 Å². The number of Topliss-reactive ketones (excluding diaryl/α,β-unsaturated/α-hetero) is 1. The first-order valence-electron chi connectivity index (χ1n) is 9.71. The third kappa shape index (κ3) is 4.56. The molecule has 0 aliphatic carbocycles. The van der Waals surface area contributed by atoms with E-state index in [0.717, 1.165) is 24.0 Å². The molecule has 1 saturated heterocycles. The van der Waals surface area contributed by atoms with Gasteiger partial charge >= 0.3 is 5.97 Å². The maximum atomic E-state index is 12.7. The zero-order chi connectivity index (χ0) is 21.0. The first-order chi connectivity index (χ1) is 14.0. The molecule has 154 valence electrons. The molecule has 0 saturated carbocycles. The van der Waals surface area contributed by atoms with Crippen molar-refractivity contribution in [2.75, 3.05) is 12.4 Å². The summed E-state index contributed by atoms with van der Waals surface area (Å²) in [5.41, 5.74) is 2.59. The van der Waals surface area contributed by atoms with Crippen molar-refractivity contribution in [3.8, 4) is 0 Å². The van der Waals surface area contributed by atoms with Crippen LogP contribution in [0.4, 0.5) is 0 Å². The smallest absolute Gasteiger partial charge is 0.330 e. The van der Waals surface area contributed by atoms with E-state index in [4.69, 9.17) is 9.15 Å². The summed E-state index contributed by atoms with van der Waals surface area (Å²) in [6.07, 6.45) is 3.08. The van der Waals surface area contributed by atoms with Gasteiger partial charge < -0.3 is 14.1 Å². The molecule has 2 heterocycles. The largest absolute Gasteiger partial charge is 0.466 e. The average Bonchev–Trinajstić information content (AvgIpc) is 3.40. The van der Waals surface area contributed by atoms with Crippen LogP contribution in [0.5, 0.6) is 0 Å². The van der Waals surface area contributed by atoms with E-state index in [0.29, 0.717) is 17.1 Å². The van der Waals surface area contributed by atoms with E-state index in [-0.39, 0.29) is 23.7 Å². The number of benzene rings is 1. The highest BCUT2D eigenvalue weighted by Crippen LogP contribution is 2.41. The fourth-order valence-electron chi connectivity index (χ4n) is 3.45. The Kier molecular flexibility index (Phi) is 6.79. The molecule has 0 N–H and O–H groups in total. The van der Waals surface area contributed by atoms with Crippen LogP contribution in [0.2, 0.25) is 0 Å². The lowest BCUT2D eigenvalue weighted by atomic mass is 9.98. The Labute approximate surface area is 174 Å². The third-order valence-electron chi connectivity index (χ3n) is 5.03. The lowest BCUT2D eigenvalue weighted by molar-refractivity contribution is -0.152. The van der Waals surface area contributed by atoms with E-state index >= 15 is 0 Å². The van der Waals surface area contributed by atoms with Gasteiger partial charge in [-0.15, -0.1) is 11.8 Å². The second kappa shape index (κ2) is 9.31. The second-order valence-corrected chi connectivity index (χ2v) is 7.99. The Morgan fingerprint density at radius 3 is 2.62 bits per heavy atom. The lowest BCUT2D eigenvalue weighted by Gasteiger charge is -2.25. The third-order valence-corrected chi connectivity index (χ3v) is 6.32. The van der Waals surface area contributed by atoms with Gasteiger partial charge in [-0.2, -0.15) is 0 Å². The molecule has 0 unspecified atom stereocenters. The number of ether oxygens (including phenoxy) is 1. The first kappa shape index (κ1) is 21.2. The molecule has 1 amide bonds. The summed E-state index contributed by atoms with van der Waals surface area (Å²) < 4.78 is 10.7. The number of amides is 1. The van der Waals surface area contributed by atoms with Crippen LogP contribution in [0.3, 0.4) is 0 Å². The van der Waals surface area contributed by atoms with E-state index in [1.165, 1.54) is 29.8 Å². The predicted molar refractivity (Wildman–Crippen MR) is 111 cm³/mol. The molecule has 1 aromatic heterocycles. The van der Waals surface area contributed by atoms with Crippen LogP contribution in [0.15, 0.2) is 41.0 Å². The minimum absolute atomic E-state index is 0.229. The van der Waals surface area contributed by atoms with Crippen molar-refractivity contribution in [1.82, 2.24) is 4.90 Å². The second-order valence-electron chi connectivity index (χ2n) is 6.87. The van der Waals surface area contributed by atoms with E-state index in [2.05, 4.69) is 0 Å². The molecular formula is C22H25NO5S. The van der Waals surface area contributed by atoms with Gasteiger partial charge in [0.1, 0.15) is 17.2 Å². The fraction of sp³-hybridized carbons (Fsp3) is 0.409. The van der Waals surface area contributed by atoms with Crippen molar-refractivity contribution in [1.29, 1.82) is 0 Å². The van der Waals surface area contributed by atoms with E-state index in [1.54, 1.807) is 12.1 Å². The molecule has 1 aromatic carbocycles. The van der Waals surface area contributed by atoms with E-state index < -0.39 is 12.0 Å². The van der Waals surface area contributed by atoms with Gasteiger partial charge in [0, 0.05) is 18.2 Å². The number of nitrogens with zero attached hydrogens (tertiary/aromatic N) is 1. The van der Waals surface area contributed by atoms with Crippen LogP contribution in [0, 0.1) is 0 Å². The number of thioether (sulfide) groups is 1. The molecule has 1 fully saturated rings. The SMILES string of the molecule is CCc1ccc(CC)c(C(=O)COC(=O)[C@H]2CS[C@@H](c3ccco3)N2C(C)=O)c1. The topological polar surface area (TPSA) is 76.8 Å². The summed E-state index contributed by atoms with van der Waals surface area (Å²) >= 11 is 1.44. The van der Waals surface area contributed by atoms with Crippen molar-refractivity contribution in [3.05, 3.63) is 59.0 Å². The Hall–Kier alpha value is -2.54. The maximum absolute atomic E-state index is 12.7. The van der Waals surface area contributed by atoms with Crippen molar-refractivity contribution >= 4 is 29.4 Å². The lowest BCUT2D eigenvalue weighted by Crippen LogP contribution is -2.43. The number of hydrogen-bond acceptors (Lipinski definition) is 6. The summed E-state index contributed by atoms with van der Waals surface area (Å²) in [5.74, 6) is -0.0363. The van der Waals surface area contributed by atoms with Gasteiger partial charge in [0.25, 0.3) is 0 Å². The van der Waals surface area contributed by atoms with Crippen molar-refractivity contribution < 1.29 is 23.5 Å². The maximum Gasteiger partial charge on any atom is 0.330 e. The van der Waals surface area contributed by atoms with Crippen LogP contribution >= 0.6 is 11.8 Å². The summed E-state index contributed by atoms with van der Waals surface area (Å²) in [5, 5.41) is -0.372. The molecule has 0 spiro atoms. The molecule has 3 rings (SSSR count). The zero-order valence-corrected chi connectivity index (χ0v) is 17.7. The number of furan rings is 1. The van der Waals surface area contributed by atoms with Crippen molar-refractivity contribution in [2.24, 2.45) is 0 Å². The predicted octanol–water partition coefficient (Wildman–Crippen LogP) is 3.79. The number of rotatable bonds is 7. The molecule has 7 heteroatoms. The Morgan fingerprint density at radius 2 is 2.00 bits per heavy atom. The molecule has 1 aliphatic rings. The number of hydrogen-bond donors (Lipinski definition) is 0. The van der Waals surface area contributed by atoms with E-state index in [1.807, 2.05) is 32.0 Å². The number of aryl methyl sites for hydroxylation is 2. The van der Waals surface area contributed by atoms with Gasteiger partial charge in [-0.1, -0.05) is 26.0 Å². The van der Waals surface area contributed by atoms with Gasteiger partial charge in [-0.05, 0) is 42.2 Å². The normalized spacial score (nSPS) is 18.7. The summed E-state index contributed by atoms with van der Waals surface area (Å²) in [6.45, 7) is 5.09. The highest BCUT2D eigenvalue weighted by molar-refractivity contribution is 7.99. The van der Waals surface area contributed by atoms with Crippen LogP contribution in [0.1, 0.15) is 53.4 Å². The standard InChI is InChI=1S/C22H25NO5S/c1-4-15-8-9-16(5-2)17(11-15)19(25)12-28-22(26)18-13-29-21(23(18)14(3)24)20-7-6-10-27-20/h6-11,18,21H,4-5,12-13H2,1-3H3/t18-,21+/m1/s1. The molecule has 2 atom stereocenters. The molecule has 6 nitrogen and oxygen atoms in total. The quantitative estimate of drug-likeness (QED) is 0.506. The van der Waals surface area contributed by atoms with Crippen molar-refractivity contribution in [2.45, 2.75) is 45.0 Å². The summed E-state index contributed by atoms with van der Waals surface area (Å²) in [7, 11) is 0. The highest BCUT2D eigenvalue weighted by Gasteiger charge is 2.43. The monoisotopic (exact) mass is 415 g/mol. The number of esters is 1. The fourth-order valence-corrected chi connectivity index (χ4v) is 4.86. The average molecular weight is 416 g/mol. The number of ketones is 1. The Balaban J connectivity index is 1.69. The van der Waals surface area contributed by atoms with Crippen LogP contribution < -0.4 is 0 Å². The van der Waals surface area contributed by atoms with Crippen LogP contribution in [0.25, 0.3) is 0 Å². The molecule has 2 aromatic rings. The Morgan fingerprint density at radius 1 is 1.21 bits per heavy atom. The minimum Gasteiger partial charge on any atom is -0.466 e. The highest BCUT2D eigenvalue weighted by atomic mass is 32.2. The zero-order valence-electron chi connectivity index (χ0n) is 16.8. The minimum atomic E-state index is -0.743. The molecule has 29 heavy (non-hydrogen) atoms. The number of carbonyl (C=O) groups is 3. The number of carbonyl (C=O) groups excluding carboxylic acids is 3. The van der Waals surface area contributed by atoms with Gasteiger partial charge in [0.15, 0.2) is 6.61 Å². The molecule has 0 bridgehead atoms. The molecule has 0 radical (unpaired) electrons. The molecule has 1 aliphatic heterocycles. The Bertz CT molecular complexity index is 893. The summed E-state index contributed by atoms with van der Waals surface area (Å²) in [6, 6.07) is 8.61. The van der Waals surface area contributed by atoms with Crippen LogP contribution in [-0.4, -0.2) is 41.0 Å². The van der Waals surface area contributed by atoms with E-state index in [9.17, 15) is 14.4 Å².